The molecule has 1 unspecified atom stereocenters. The summed E-state index contributed by atoms with van der Waals surface area (Å²) < 4.78 is 5.59. The van der Waals surface area contributed by atoms with E-state index in [9.17, 15) is 9.59 Å². The third kappa shape index (κ3) is 4.96. The maximum Gasteiger partial charge on any atom is 0.287 e. The number of furan rings is 1. The summed E-state index contributed by atoms with van der Waals surface area (Å²) in [6, 6.07) is 11.1. The lowest BCUT2D eigenvalue weighted by atomic mass is 10.1. The number of hydrogen-bond acceptors (Lipinski definition) is 3. The number of amides is 2. The molecule has 1 atom stereocenters. The quantitative estimate of drug-likeness (QED) is 0.810. The van der Waals surface area contributed by atoms with E-state index in [0.29, 0.717) is 4.67 Å². The average molecular weight is 379 g/mol. The van der Waals surface area contributed by atoms with E-state index in [2.05, 4.69) is 45.6 Å². The van der Waals surface area contributed by atoms with Crippen molar-refractivity contribution in [2.75, 3.05) is 6.54 Å². The van der Waals surface area contributed by atoms with Crippen LogP contribution in [0.1, 0.15) is 41.6 Å². The van der Waals surface area contributed by atoms with Gasteiger partial charge in [-0.15, -0.1) is 0 Å². The van der Waals surface area contributed by atoms with Gasteiger partial charge in [-0.2, -0.15) is 0 Å². The van der Waals surface area contributed by atoms with Crippen LogP contribution in [0.4, 0.5) is 0 Å². The molecular weight excluding hydrogens is 360 g/mol. The molecule has 23 heavy (non-hydrogen) atoms. The zero-order chi connectivity index (χ0) is 16.8. The molecule has 0 radical (unpaired) electrons. The molecule has 0 saturated heterocycles. The van der Waals surface area contributed by atoms with E-state index in [1.165, 1.54) is 11.6 Å². The number of aryl methyl sites for hydroxylation is 1. The van der Waals surface area contributed by atoms with Crippen molar-refractivity contribution >= 4 is 27.7 Å². The Hall–Kier alpha value is -2.08. The van der Waals surface area contributed by atoms with Crippen molar-refractivity contribution in [2.24, 2.45) is 0 Å². The maximum atomic E-state index is 11.9. The third-order valence-corrected chi connectivity index (χ3v) is 3.90. The molecule has 5 nitrogen and oxygen atoms in total. The standard InChI is InChI=1S/C17H19BrN2O3/c1-3-12-4-6-13(7-5-12)11(2)20-16(21)10-19-17(22)14-8-9-15(18)23-14/h4-9,11H,3,10H2,1-2H3,(H,19,22)(H,20,21). The van der Waals surface area contributed by atoms with Gasteiger partial charge in [0.1, 0.15) is 0 Å². The summed E-state index contributed by atoms with van der Waals surface area (Å²) in [5.74, 6) is -0.519. The van der Waals surface area contributed by atoms with Crippen LogP contribution in [0.2, 0.25) is 0 Å². The molecule has 2 aromatic rings. The van der Waals surface area contributed by atoms with Crippen LogP contribution in [0.25, 0.3) is 0 Å². The lowest BCUT2D eigenvalue weighted by molar-refractivity contribution is -0.120. The van der Waals surface area contributed by atoms with E-state index in [1.807, 2.05) is 19.1 Å². The van der Waals surface area contributed by atoms with Crippen molar-refractivity contribution < 1.29 is 14.0 Å². The van der Waals surface area contributed by atoms with Crippen LogP contribution in [0, 0.1) is 0 Å². The molecule has 1 heterocycles. The molecule has 0 aliphatic heterocycles. The first-order chi connectivity index (χ1) is 11.0. The Morgan fingerprint density at radius 2 is 1.87 bits per heavy atom. The van der Waals surface area contributed by atoms with Gasteiger partial charge in [-0.1, -0.05) is 31.2 Å². The molecule has 122 valence electrons. The molecule has 0 aliphatic rings. The highest BCUT2D eigenvalue weighted by Crippen LogP contribution is 2.14. The monoisotopic (exact) mass is 378 g/mol. The fraction of sp³-hybridized carbons (Fsp3) is 0.294. The van der Waals surface area contributed by atoms with E-state index >= 15 is 0 Å². The first-order valence-electron chi connectivity index (χ1n) is 7.41. The van der Waals surface area contributed by atoms with Crippen LogP contribution >= 0.6 is 15.9 Å². The van der Waals surface area contributed by atoms with Gasteiger partial charge in [-0.3, -0.25) is 9.59 Å². The largest absolute Gasteiger partial charge is 0.444 e. The summed E-state index contributed by atoms with van der Waals surface area (Å²) >= 11 is 3.12. The van der Waals surface area contributed by atoms with Crippen LogP contribution in [-0.2, 0) is 11.2 Å². The van der Waals surface area contributed by atoms with Gasteiger partial charge < -0.3 is 15.1 Å². The molecule has 1 aromatic heterocycles. The number of benzene rings is 1. The van der Waals surface area contributed by atoms with Crippen molar-refractivity contribution in [2.45, 2.75) is 26.3 Å². The molecule has 1 aromatic carbocycles. The predicted molar refractivity (Wildman–Crippen MR) is 91.1 cm³/mol. The summed E-state index contributed by atoms with van der Waals surface area (Å²) in [6.07, 6.45) is 0.982. The minimum Gasteiger partial charge on any atom is -0.444 e. The smallest absolute Gasteiger partial charge is 0.287 e. The zero-order valence-electron chi connectivity index (χ0n) is 13.1. The lowest BCUT2D eigenvalue weighted by Gasteiger charge is -2.15. The van der Waals surface area contributed by atoms with E-state index in [-0.39, 0.29) is 24.3 Å². The molecule has 2 amide bonds. The zero-order valence-corrected chi connectivity index (χ0v) is 14.6. The van der Waals surface area contributed by atoms with Gasteiger partial charge in [0.2, 0.25) is 5.91 Å². The van der Waals surface area contributed by atoms with Gasteiger partial charge in [0.25, 0.3) is 5.91 Å². The molecule has 0 bridgehead atoms. The highest BCUT2D eigenvalue weighted by Gasteiger charge is 2.13. The molecule has 0 fully saturated rings. The summed E-state index contributed by atoms with van der Waals surface area (Å²) in [6.45, 7) is 3.90. The van der Waals surface area contributed by atoms with Crippen molar-refractivity contribution in [1.29, 1.82) is 0 Å². The second-order valence-electron chi connectivity index (χ2n) is 5.17. The number of hydrogen-bond donors (Lipinski definition) is 2. The van der Waals surface area contributed by atoms with Gasteiger partial charge in [0.15, 0.2) is 10.4 Å². The van der Waals surface area contributed by atoms with E-state index in [1.54, 1.807) is 6.07 Å². The summed E-state index contributed by atoms with van der Waals surface area (Å²) in [4.78, 5) is 23.7. The molecule has 2 rings (SSSR count). The minimum atomic E-state index is -0.425. The van der Waals surface area contributed by atoms with E-state index < -0.39 is 5.91 Å². The van der Waals surface area contributed by atoms with Crippen LogP contribution in [-0.4, -0.2) is 18.4 Å². The second-order valence-corrected chi connectivity index (χ2v) is 5.95. The van der Waals surface area contributed by atoms with Gasteiger partial charge in [0, 0.05) is 0 Å². The van der Waals surface area contributed by atoms with Crippen LogP contribution in [0.5, 0.6) is 0 Å². The van der Waals surface area contributed by atoms with Gasteiger partial charge in [0.05, 0.1) is 12.6 Å². The fourth-order valence-electron chi connectivity index (χ4n) is 2.10. The maximum absolute atomic E-state index is 11.9. The molecule has 0 spiro atoms. The molecule has 6 heteroatoms. The van der Waals surface area contributed by atoms with E-state index in [4.69, 9.17) is 4.42 Å². The average Bonchev–Trinajstić information content (AvgIpc) is 2.99. The summed E-state index contributed by atoms with van der Waals surface area (Å²) in [5.41, 5.74) is 2.28. The van der Waals surface area contributed by atoms with E-state index in [0.717, 1.165) is 12.0 Å². The Morgan fingerprint density at radius 3 is 2.43 bits per heavy atom. The van der Waals surface area contributed by atoms with Crippen LogP contribution in [0.15, 0.2) is 45.5 Å². The number of rotatable bonds is 6. The highest BCUT2D eigenvalue weighted by atomic mass is 79.9. The molecular formula is C17H19BrN2O3. The number of halogens is 1. The number of carbonyl (C=O) groups excluding carboxylic acids is 2. The van der Waals surface area contributed by atoms with Crippen molar-refractivity contribution in [3.05, 3.63) is 58.0 Å². The lowest BCUT2D eigenvalue weighted by Crippen LogP contribution is -2.37. The molecule has 0 aliphatic carbocycles. The first-order valence-corrected chi connectivity index (χ1v) is 8.20. The first kappa shape index (κ1) is 17.3. The Kier molecular flexibility index (Phi) is 5.98. The Labute approximate surface area is 143 Å². The number of nitrogens with one attached hydrogen (secondary N) is 2. The van der Waals surface area contributed by atoms with Gasteiger partial charge >= 0.3 is 0 Å². The molecule has 0 saturated carbocycles. The normalized spacial score (nSPS) is 11.8. The Bertz CT molecular complexity index is 679. The predicted octanol–water partition coefficient (Wildman–Crippen LogP) is 3.21. The topological polar surface area (TPSA) is 71.3 Å². The van der Waals surface area contributed by atoms with Crippen molar-refractivity contribution in [3.8, 4) is 0 Å². The fourth-order valence-corrected chi connectivity index (χ4v) is 2.41. The third-order valence-electron chi connectivity index (χ3n) is 3.47. The SMILES string of the molecule is CCc1ccc(C(C)NC(=O)CNC(=O)c2ccc(Br)o2)cc1. The number of carbonyl (C=O) groups is 2. The van der Waals surface area contributed by atoms with Gasteiger partial charge in [-0.25, -0.2) is 0 Å². The Balaban J connectivity index is 1.82. The highest BCUT2D eigenvalue weighted by molar-refractivity contribution is 9.10. The summed E-state index contributed by atoms with van der Waals surface area (Å²) in [5, 5.41) is 5.37. The summed E-state index contributed by atoms with van der Waals surface area (Å²) in [7, 11) is 0. The second kappa shape index (κ2) is 7.97. The van der Waals surface area contributed by atoms with Crippen molar-refractivity contribution in [1.82, 2.24) is 10.6 Å². The Morgan fingerprint density at radius 1 is 1.17 bits per heavy atom. The molecule has 2 N–H and O–H groups in total. The van der Waals surface area contributed by atoms with Gasteiger partial charge in [-0.05, 0) is 52.5 Å². The van der Waals surface area contributed by atoms with Crippen LogP contribution < -0.4 is 10.6 Å². The minimum absolute atomic E-state index is 0.103. The van der Waals surface area contributed by atoms with Crippen molar-refractivity contribution in [3.63, 3.8) is 0 Å². The van der Waals surface area contributed by atoms with Crippen LogP contribution in [0.3, 0.4) is 0 Å².